The molecule has 0 saturated carbocycles. The van der Waals surface area contributed by atoms with Gasteiger partial charge >= 0.3 is 0 Å². The first-order valence-corrected chi connectivity index (χ1v) is 5.63. The number of nitrogen functional groups attached to an aromatic ring is 1. The standard InChI is InChI=1S/C10H14FIN2O/c1-6(15)5-14(2)10-3-7(11)8(12)4-9(10)13/h3-4,6,15H,5,13H2,1-2H3. The third-order valence-corrected chi connectivity index (χ3v) is 2.85. The first kappa shape index (κ1) is 12.5. The summed E-state index contributed by atoms with van der Waals surface area (Å²) in [6.45, 7) is 2.10. The van der Waals surface area contributed by atoms with Crippen LogP contribution in [-0.2, 0) is 0 Å². The molecule has 0 aliphatic heterocycles. The Morgan fingerprint density at radius 2 is 2.20 bits per heavy atom. The highest BCUT2D eigenvalue weighted by atomic mass is 127. The third-order valence-electron chi connectivity index (χ3n) is 2.02. The van der Waals surface area contributed by atoms with Crippen LogP contribution in [0.2, 0.25) is 0 Å². The van der Waals surface area contributed by atoms with Crippen molar-refractivity contribution in [1.82, 2.24) is 0 Å². The smallest absolute Gasteiger partial charge is 0.138 e. The Morgan fingerprint density at radius 1 is 1.60 bits per heavy atom. The van der Waals surface area contributed by atoms with Crippen LogP contribution in [0.3, 0.4) is 0 Å². The lowest BCUT2D eigenvalue weighted by molar-refractivity contribution is 0.201. The Labute approximate surface area is 102 Å². The fourth-order valence-electron chi connectivity index (χ4n) is 1.38. The molecule has 3 nitrogen and oxygen atoms in total. The number of nitrogens with two attached hydrogens (primary N) is 1. The molecule has 5 heteroatoms. The van der Waals surface area contributed by atoms with Gasteiger partial charge < -0.3 is 15.7 Å². The van der Waals surface area contributed by atoms with E-state index < -0.39 is 6.10 Å². The summed E-state index contributed by atoms with van der Waals surface area (Å²) < 4.78 is 13.8. The molecule has 0 aliphatic rings. The first-order chi connectivity index (χ1) is 6.91. The largest absolute Gasteiger partial charge is 0.397 e. The van der Waals surface area contributed by atoms with Crippen LogP contribution >= 0.6 is 22.6 Å². The molecule has 3 N–H and O–H groups in total. The number of rotatable bonds is 3. The highest BCUT2D eigenvalue weighted by Crippen LogP contribution is 2.26. The van der Waals surface area contributed by atoms with E-state index in [1.165, 1.54) is 6.07 Å². The topological polar surface area (TPSA) is 49.5 Å². The molecule has 0 amide bonds. The van der Waals surface area contributed by atoms with Crippen molar-refractivity contribution >= 4 is 34.0 Å². The summed E-state index contributed by atoms with van der Waals surface area (Å²) in [5.74, 6) is -0.294. The zero-order chi connectivity index (χ0) is 11.6. The number of anilines is 2. The molecule has 1 atom stereocenters. The Hall–Kier alpha value is -0.560. The van der Waals surface area contributed by atoms with Crippen molar-refractivity contribution in [1.29, 1.82) is 0 Å². The van der Waals surface area contributed by atoms with E-state index in [0.29, 0.717) is 21.5 Å². The molecular weight excluding hydrogens is 310 g/mol. The molecule has 1 aromatic carbocycles. The number of nitrogens with zero attached hydrogens (tertiary/aromatic N) is 1. The molecule has 0 heterocycles. The molecule has 1 unspecified atom stereocenters. The predicted molar refractivity (Wildman–Crippen MR) is 68.5 cm³/mol. The molecule has 0 fully saturated rings. The molecule has 1 aromatic rings. The van der Waals surface area contributed by atoms with Gasteiger partial charge in [-0.1, -0.05) is 0 Å². The van der Waals surface area contributed by atoms with Crippen molar-refractivity contribution in [2.24, 2.45) is 0 Å². The molecule has 0 aliphatic carbocycles. The number of halogens is 2. The summed E-state index contributed by atoms with van der Waals surface area (Å²) in [4.78, 5) is 1.74. The van der Waals surface area contributed by atoms with Crippen LogP contribution in [0.25, 0.3) is 0 Å². The minimum Gasteiger partial charge on any atom is -0.397 e. The Kier molecular flexibility index (Phi) is 4.15. The molecule has 15 heavy (non-hydrogen) atoms. The van der Waals surface area contributed by atoms with Gasteiger partial charge in [0.2, 0.25) is 0 Å². The summed E-state index contributed by atoms with van der Waals surface area (Å²) in [5.41, 5.74) is 6.90. The van der Waals surface area contributed by atoms with Crippen LogP contribution in [-0.4, -0.2) is 24.8 Å². The second-order valence-electron chi connectivity index (χ2n) is 3.55. The molecule has 0 bridgehead atoms. The molecule has 0 aromatic heterocycles. The van der Waals surface area contributed by atoms with Gasteiger partial charge in [-0.3, -0.25) is 0 Å². The Bertz CT molecular complexity index is 358. The third kappa shape index (κ3) is 3.20. The van der Waals surface area contributed by atoms with Crippen molar-refractivity contribution in [2.45, 2.75) is 13.0 Å². The monoisotopic (exact) mass is 324 g/mol. The number of hydrogen-bond donors (Lipinski definition) is 2. The van der Waals surface area contributed by atoms with Gasteiger partial charge in [0.15, 0.2) is 0 Å². The number of aliphatic hydroxyl groups is 1. The molecule has 0 saturated heterocycles. The number of hydrogen-bond acceptors (Lipinski definition) is 3. The van der Waals surface area contributed by atoms with Gasteiger partial charge in [0, 0.05) is 19.7 Å². The van der Waals surface area contributed by atoms with Crippen molar-refractivity contribution < 1.29 is 9.50 Å². The summed E-state index contributed by atoms with van der Waals surface area (Å²) in [6, 6.07) is 2.98. The summed E-state index contributed by atoms with van der Waals surface area (Å²) >= 11 is 1.89. The number of aliphatic hydroxyl groups excluding tert-OH is 1. The first-order valence-electron chi connectivity index (χ1n) is 4.55. The lowest BCUT2D eigenvalue weighted by Gasteiger charge is -2.22. The van der Waals surface area contributed by atoms with E-state index in [1.807, 2.05) is 22.6 Å². The van der Waals surface area contributed by atoms with Crippen molar-refractivity contribution in [3.8, 4) is 0 Å². The lowest BCUT2D eigenvalue weighted by atomic mass is 10.2. The van der Waals surface area contributed by atoms with Gasteiger partial charge in [0.05, 0.1) is 21.0 Å². The minimum atomic E-state index is -0.475. The highest BCUT2D eigenvalue weighted by Gasteiger charge is 2.11. The van der Waals surface area contributed by atoms with Crippen molar-refractivity contribution in [2.75, 3.05) is 24.2 Å². The average Bonchev–Trinajstić information content (AvgIpc) is 2.09. The van der Waals surface area contributed by atoms with E-state index in [0.717, 1.165) is 0 Å². The maximum Gasteiger partial charge on any atom is 0.138 e. The fourth-order valence-corrected chi connectivity index (χ4v) is 1.87. The van der Waals surface area contributed by atoms with E-state index in [2.05, 4.69) is 0 Å². The maximum absolute atomic E-state index is 13.3. The zero-order valence-electron chi connectivity index (χ0n) is 8.67. The molecule has 0 spiro atoms. The quantitative estimate of drug-likeness (QED) is 0.659. The van der Waals surface area contributed by atoms with Crippen molar-refractivity contribution in [3.05, 3.63) is 21.5 Å². The van der Waals surface area contributed by atoms with E-state index in [9.17, 15) is 9.50 Å². The molecule has 1 rings (SSSR count). The van der Waals surface area contributed by atoms with Crippen LogP contribution in [0.15, 0.2) is 12.1 Å². The number of likely N-dealkylation sites (N-methyl/N-ethyl adjacent to an activating group) is 1. The molecular formula is C10H14FIN2O. The van der Waals surface area contributed by atoms with Crippen LogP contribution < -0.4 is 10.6 Å². The summed E-state index contributed by atoms with van der Waals surface area (Å²) in [5, 5.41) is 9.22. The lowest BCUT2D eigenvalue weighted by Crippen LogP contribution is -2.27. The summed E-state index contributed by atoms with van der Waals surface area (Å²) in [7, 11) is 1.77. The highest BCUT2D eigenvalue weighted by molar-refractivity contribution is 14.1. The predicted octanol–water partition coefficient (Wildman–Crippen LogP) is 1.83. The second-order valence-corrected chi connectivity index (χ2v) is 4.72. The fraction of sp³-hybridized carbons (Fsp3) is 0.400. The van der Waals surface area contributed by atoms with Gasteiger partial charge in [0.1, 0.15) is 5.82 Å². The maximum atomic E-state index is 13.3. The van der Waals surface area contributed by atoms with E-state index in [-0.39, 0.29) is 5.82 Å². The minimum absolute atomic E-state index is 0.294. The van der Waals surface area contributed by atoms with Crippen LogP contribution in [0.4, 0.5) is 15.8 Å². The SMILES string of the molecule is CC(O)CN(C)c1cc(F)c(I)cc1N. The average molecular weight is 324 g/mol. The number of benzene rings is 1. The molecule has 84 valence electrons. The van der Waals surface area contributed by atoms with Gasteiger partial charge in [0.25, 0.3) is 0 Å². The van der Waals surface area contributed by atoms with E-state index >= 15 is 0 Å². The van der Waals surface area contributed by atoms with Gasteiger partial charge in [-0.15, -0.1) is 0 Å². The van der Waals surface area contributed by atoms with Gasteiger partial charge in [-0.25, -0.2) is 4.39 Å². The normalized spacial score (nSPS) is 12.6. The second kappa shape index (κ2) is 4.98. The van der Waals surface area contributed by atoms with Gasteiger partial charge in [-0.2, -0.15) is 0 Å². The Morgan fingerprint density at radius 3 is 2.73 bits per heavy atom. The van der Waals surface area contributed by atoms with E-state index in [1.54, 1.807) is 24.9 Å². The Balaban J connectivity index is 2.98. The van der Waals surface area contributed by atoms with Crippen LogP contribution in [0.5, 0.6) is 0 Å². The molecule has 0 radical (unpaired) electrons. The van der Waals surface area contributed by atoms with Crippen molar-refractivity contribution in [3.63, 3.8) is 0 Å². The van der Waals surface area contributed by atoms with Crippen LogP contribution in [0.1, 0.15) is 6.92 Å². The van der Waals surface area contributed by atoms with E-state index in [4.69, 9.17) is 5.73 Å². The van der Waals surface area contributed by atoms with Crippen LogP contribution in [0, 0.1) is 9.39 Å². The summed E-state index contributed by atoms with van der Waals surface area (Å²) in [6.07, 6.45) is -0.475. The van der Waals surface area contributed by atoms with Gasteiger partial charge in [-0.05, 0) is 35.6 Å². The zero-order valence-corrected chi connectivity index (χ0v) is 10.8.